The van der Waals surface area contributed by atoms with Gasteiger partial charge in [-0.25, -0.2) is 4.98 Å². The van der Waals surface area contributed by atoms with Crippen LogP contribution in [0.1, 0.15) is 30.0 Å². The molecule has 1 aromatic carbocycles. The number of amides is 1. The second-order valence-electron chi connectivity index (χ2n) is 4.70. The van der Waals surface area contributed by atoms with Crippen LogP contribution in [0.2, 0.25) is 0 Å². The summed E-state index contributed by atoms with van der Waals surface area (Å²) in [7, 11) is 0. The van der Waals surface area contributed by atoms with Gasteiger partial charge in [0.2, 0.25) is 5.91 Å². The minimum atomic E-state index is -0.0148. The van der Waals surface area contributed by atoms with Gasteiger partial charge in [-0.2, -0.15) is 0 Å². The third-order valence-electron chi connectivity index (χ3n) is 3.04. The van der Waals surface area contributed by atoms with Crippen molar-refractivity contribution in [2.24, 2.45) is 0 Å². The molecule has 19 heavy (non-hydrogen) atoms. The van der Waals surface area contributed by atoms with Crippen molar-refractivity contribution >= 4 is 38.3 Å². The van der Waals surface area contributed by atoms with Crippen molar-refractivity contribution in [2.45, 2.75) is 25.2 Å². The molecule has 0 bridgehead atoms. The smallest absolute Gasteiger partial charge is 0.230 e. The molecule has 3 nitrogen and oxygen atoms in total. The fourth-order valence-corrected chi connectivity index (χ4v) is 2.93. The van der Waals surface area contributed by atoms with Crippen molar-refractivity contribution in [1.29, 1.82) is 0 Å². The molecule has 0 spiro atoms. The van der Waals surface area contributed by atoms with Crippen molar-refractivity contribution in [1.82, 2.24) is 4.98 Å². The number of thiazole rings is 1. The number of aromatic nitrogens is 1. The summed E-state index contributed by atoms with van der Waals surface area (Å²) in [5.74, 6) is 0.618. The molecule has 0 radical (unpaired) electrons. The van der Waals surface area contributed by atoms with E-state index in [1.165, 1.54) is 24.2 Å². The fourth-order valence-electron chi connectivity index (χ4n) is 1.86. The number of halogens is 1. The highest BCUT2D eigenvalue weighted by molar-refractivity contribution is 9.10. The quantitative estimate of drug-likeness (QED) is 0.917. The predicted molar refractivity (Wildman–Crippen MR) is 80.6 cm³/mol. The van der Waals surface area contributed by atoms with E-state index in [0.29, 0.717) is 17.5 Å². The van der Waals surface area contributed by atoms with E-state index in [0.717, 1.165) is 15.7 Å². The van der Waals surface area contributed by atoms with Gasteiger partial charge in [-0.3, -0.25) is 4.79 Å². The van der Waals surface area contributed by atoms with Crippen molar-refractivity contribution in [3.63, 3.8) is 0 Å². The van der Waals surface area contributed by atoms with Gasteiger partial charge in [-0.05, 0) is 30.5 Å². The molecule has 1 amide bonds. The lowest BCUT2D eigenvalue weighted by Crippen LogP contribution is -2.14. The molecule has 1 fully saturated rings. The lowest BCUT2D eigenvalue weighted by molar-refractivity contribution is -0.115. The van der Waals surface area contributed by atoms with Gasteiger partial charge in [0.05, 0.1) is 12.1 Å². The van der Waals surface area contributed by atoms with Gasteiger partial charge in [0.15, 0.2) is 5.13 Å². The molecule has 0 unspecified atom stereocenters. The Bertz CT molecular complexity index is 590. The van der Waals surface area contributed by atoms with Crippen LogP contribution in [-0.2, 0) is 11.2 Å². The lowest BCUT2D eigenvalue weighted by atomic mass is 10.1. The van der Waals surface area contributed by atoms with Gasteiger partial charge in [-0.1, -0.05) is 28.1 Å². The van der Waals surface area contributed by atoms with Crippen molar-refractivity contribution in [3.8, 4) is 0 Å². The van der Waals surface area contributed by atoms with Crippen LogP contribution in [0.15, 0.2) is 34.1 Å². The second-order valence-corrected chi connectivity index (χ2v) is 6.48. The van der Waals surface area contributed by atoms with Crippen LogP contribution < -0.4 is 5.32 Å². The number of rotatable bonds is 4. The van der Waals surface area contributed by atoms with E-state index in [4.69, 9.17) is 0 Å². The van der Waals surface area contributed by atoms with Crippen LogP contribution in [0.5, 0.6) is 0 Å². The predicted octanol–water partition coefficient (Wildman–Crippen LogP) is 3.96. The number of carbonyl (C=O) groups is 1. The first kappa shape index (κ1) is 12.8. The summed E-state index contributed by atoms with van der Waals surface area (Å²) in [6, 6.07) is 7.77. The summed E-state index contributed by atoms with van der Waals surface area (Å²) in [6.07, 6.45) is 2.84. The van der Waals surface area contributed by atoms with Crippen LogP contribution >= 0.6 is 27.3 Å². The minimum absolute atomic E-state index is 0.0148. The van der Waals surface area contributed by atoms with E-state index in [-0.39, 0.29) is 5.91 Å². The summed E-state index contributed by atoms with van der Waals surface area (Å²) in [4.78, 5) is 16.4. The van der Waals surface area contributed by atoms with Crippen molar-refractivity contribution < 1.29 is 4.79 Å². The molecule has 1 aliphatic carbocycles. The molecule has 3 rings (SSSR count). The molecule has 1 heterocycles. The third kappa shape index (κ3) is 3.42. The molecule has 1 saturated carbocycles. The van der Waals surface area contributed by atoms with Crippen molar-refractivity contribution in [3.05, 3.63) is 45.4 Å². The molecular weight excluding hydrogens is 324 g/mol. The Morgan fingerprint density at radius 2 is 2.11 bits per heavy atom. The zero-order valence-electron chi connectivity index (χ0n) is 10.2. The Morgan fingerprint density at radius 1 is 1.37 bits per heavy atom. The minimum Gasteiger partial charge on any atom is -0.302 e. The van der Waals surface area contributed by atoms with E-state index < -0.39 is 0 Å². The lowest BCUT2D eigenvalue weighted by Gasteiger charge is -2.02. The normalized spacial score (nSPS) is 14.4. The van der Waals surface area contributed by atoms with Gasteiger partial charge >= 0.3 is 0 Å². The maximum Gasteiger partial charge on any atom is 0.230 e. The summed E-state index contributed by atoms with van der Waals surface area (Å²) in [6.45, 7) is 0. The van der Waals surface area contributed by atoms with Crippen LogP contribution in [0, 0.1) is 0 Å². The monoisotopic (exact) mass is 336 g/mol. The highest BCUT2D eigenvalue weighted by Crippen LogP contribution is 2.40. The Labute approximate surface area is 124 Å². The molecule has 0 saturated heterocycles. The highest BCUT2D eigenvalue weighted by atomic mass is 79.9. The summed E-state index contributed by atoms with van der Waals surface area (Å²) in [5.41, 5.74) is 2.13. The SMILES string of the molecule is O=C(Cc1ccc(Br)cc1)Nc1nc(C2CC2)cs1. The van der Waals surface area contributed by atoms with Crippen LogP contribution in [0.4, 0.5) is 5.13 Å². The molecule has 1 N–H and O–H groups in total. The summed E-state index contributed by atoms with van der Waals surface area (Å²) in [5, 5.41) is 5.63. The standard InChI is InChI=1S/C14H13BrN2OS/c15-11-5-1-9(2-6-11)7-13(18)17-14-16-12(8-19-14)10-3-4-10/h1-2,5-6,8,10H,3-4,7H2,(H,16,17,18). The Balaban J connectivity index is 1.59. The van der Waals surface area contributed by atoms with E-state index >= 15 is 0 Å². The van der Waals surface area contributed by atoms with Crippen LogP contribution in [-0.4, -0.2) is 10.9 Å². The van der Waals surface area contributed by atoms with Crippen LogP contribution in [0.3, 0.4) is 0 Å². The zero-order chi connectivity index (χ0) is 13.2. The number of benzene rings is 1. The Morgan fingerprint density at radius 3 is 2.79 bits per heavy atom. The molecule has 0 aliphatic heterocycles. The molecule has 0 atom stereocenters. The Hall–Kier alpha value is -1.20. The van der Waals surface area contributed by atoms with E-state index in [1.54, 1.807) is 0 Å². The molecule has 2 aromatic rings. The van der Waals surface area contributed by atoms with Crippen LogP contribution in [0.25, 0.3) is 0 Å². The topological polar surface area (TPSA) is 42.0 Å². The van der Waals surface area contributed by atoms with Crippen molar-refractivity contribution in [2.75, 3.05) is 5.32 Å². The Kier molecular flexibility index (Phi) is 3.66. The maximum atomic E-state index is 11.9. The van der Waals surface area contributed by atoms with E-state index in [2.05, 4.69) is 26.2 Å². The number of hydrogen-bond acceptors (Lipinski definition) is 3. The molecule has 1 aliphatic rings. The van der Waals surface area contributed by atoms with Gasteiger partial charge < -0.3 is 5.32 Å². The average molecular weight is 337 g/mol. The first-order valence-corrected chi connectivity index (χ1v) is 7.88. The zero-order valence-corrected chi connectivity index (χ0v) is 12.6. The van der Waals surface area contributed by atoms with Gasteiger partial charge in [0, 0.05) is 15.8 Å². The third-order valence-corrected chi connectivity index (χ3v) is 4.35. The summed E-state index contributed by atoms with van der Waals surface area (Å²) < 4.78 is 1.02. The highest BCUT2D eigenvalue weighted by Gasteiger charge is 2.26. The summed E-state index contributed by atoms with van der Waals surface area (Å²) >= 11 is 4.89. The number of nitrogens with one attached hydrogen (secondary N) is 1. The first-order valence-electron chi connectivity index (χ1n) is 6.20. The number of hydrogen-bond donors (Lipinski definition) is 1. The number of anilines is 1. The molecule has 5 heteroatoms. The molecule has 1 aromatic heterocycles. The van der Waals surface area contributed by atoms with Gasteiger partial charge in [0.25, 0.3) is 0 Å². The van der Waals surface area contributed by atoms with Gasteiger partial charge in [0.1, 0.15) is 0 Å². The maximum absolute atomic E-state index is 11.9. The van der Waals surface area contributed by atoms with E-state index in [9.17, 15) is 4.79 Å². The number of nitrogens with zero attached hydrogens (tertiary/aromatic N) is 1. The number of carbonyl (C=O) groups excluding carboxylic acids is 1. The second kappa shape index (κ2) is 5.43. The fraction of sp³-hybridized carbons (Fsp3) is 0.286. The largest absolute Gasteiger partial charge is 0.302 e. The molecular formula is C14H13BrN2OS. The van der Waals surface area contributed by atoms with Gasteiger partial charge in [-0.15, -0.1) is 11.3 Å². The average Bonchev–Trinajstić information content (AvgIpc) is 3.14. The molecule has 98 valence electrons. The van der Waals surface area contributed by atoms with E-state index in [1.807, 2.05) is 29.6 Å². The first-order chi connectivity index (χ1) is 9.20.